The fraction of sp³-hybridized carbons (Fsp3) is 0.353. The zero-order valence-electron chi connectivity index (χ0n) is 13.2. The quantitative estimate of drug-likeness (QED) is 0.914. The highest BCUT2D eigenvalue weighted by Gasteiger charge is 2.52. The van der Waals surface area contributed by atoms with Crippen LogP contribution in [0.2, 0.25) is 0 Å². The number of benzene rings is 1. The second-order valence-corrected chi connectivity index (χ2v) is 8.57. The first-order valence-electron chi connectivity index (χ1n) is 7.84. The van der Waals surface area contributed by atoms with Gasteiger partial charge in [0, 0.05) is 35.0 Å². The molecule has 7 heteroatoms. The Morgan fingerprint density at radius 1 is 1.38 bits per heavy atom. The monoisotopic (exact) mass is 359 g/mol. The first-order chi connectivity index (χ1) is 11.6. The van der Waals surface area contributed by atoms with Crippen molar-refractivity contribution in [3.05, 3.63) is 35.8 Å². The molecule has 0 bridgehead atoms. The number of rotatable bonds is 3. The minimum absolute atomic E-state index is 0.0850. The fourth-order valence-corrected chi connectivity index (χ4v) is 5.38. The van der Waals surface area contributed by atoms with Gasteiger partial charge in [0.05, 0.1) is 4.87 Å². The Balaban J connectivity index is 1.47. The van der Waals surface area contributed by atoms with Crippen molar-refractivity contribution >= 4 is 40.6 Å². The van der Waals surface area contributed by atoms with E-state index in [9.17, 15) is 9.59 Å². The topological polar surface area (TPSA) is 62.3 Å². The molecule has 0 radical (unpaired) electrons. The van der Waals surface area contributed by atoms with Gasteiger partial charge in [-0.3, -0.25) is 9.59 Å². The van der Waals surface area contributed by atoms with E-state index >= 15 is 0 Å². The SMILES string of the molecule is C[C@@]12CCC(=O)N1[C@H](C(=O)Nc1ccc(-c3nccs3)cc1)CS2. The molecule has 4 rings (SSSR count). The normalized spacial score (nSPS) is 25.8. The number of nitrogens with zero attached hydrogens (tertiary/aromatic N) is 2. The van der Waals surface area contributed by atoms with Crippen LogP contribution in [0, 0.1) is 0 Å². The summed E-state index contributed by atoms with van der Waals surface area (Å²) in [7, 11) is 0. The molecule has 2 aromatic rings. The maximum Gasteiger partial charge on any atom is 0.248 e. The third-order valence-corrected chi connectivity index (χ3v) is 6.91. The Morgan fingerprint density at radius 2 is 2.17 bits per heavy atom. The molecule has 1 aromatic carbocycles. The number of aromatic nitrogens is 1. The fourth-order valence-electron chi connectivity index (χ4n) is 3.30. The van der Waals surface area contributed by atoms with Crippen LogP contribution in [0.4, 0.5) is 5.69 Å². The Hall–Kier alpha value is -1.86. The first kappa shape index (κ1) is 15.7. The van der Waals surface area contributed by atoms with Crippen molar-refractivity contribution in [2.45, 2.75) is 30.7 Å². The molecule has 24 heavy (non-hydrogen) atoms. The van der Waals surface area contributed by atoms with Gasteiger partial charge in [-0.15, -0.1) is 23.1 Å². The van der Waals surface area contributed by atoms with Gasteiger partial charge in [-0.1, -0.05) is 0 Å². The minimum atomic E-state index is -0.381. The molecule has 0 unspecified atom stereocenters. The van der Waals surface area contributed by atoms with Crippen LogP contribution >= 0.6 is 23.1 Å². The summed E-state index contributed by atoms with van der Waals surface area (Å²) in [5.74, 6) is 0.635. The van der Waals surface area contributed by atoms with Gasteiger partial charge in [-0.25, -0.2) is 4.98 Å². The summed E-state index contributed by atoms with van der Waals surface area (Å²) in [6.07, 6.45) is 3.14. The molecular formula is C17H17N3O2S2. The predicted octanol–water partition coefficient (Wildman–Crippen LogP) is 3.20. The third kappa shape index (κ3) is 2.61. The van der Waals surface area contributed by atoms with Crippen molar-refractivity contribution in [1.82, 2.24) is 9.88 Å². The zero-order chi connectivity index (χ0) is 16.7. The Labute approximate surface area is 148 Å². The summed E-state index contributed by atoms with van der Waals surface area (Å²) in [5.41, 5.74) is 1.77. The molecule has 2 amide bonds. The Morgan fingerprint density at radius 3 is 2.88 bits per heavy atom. The molecule has 3 heterocycles. The van der Waals surface area contributed by atoms with Crippen LogP contribution in [0.25, 0.3) is 10.6 Å². The van der Waals surface area contributed by atoms with Gasteiger partial charge >= 0.3 is 0 Å². The van der Waals surface area contributed by atoms with Crippen LogP contribution in [0.3, 0.4) is 0 Å². The smallest absolute Gasteiger partial charge is 0.248 e. The van der Waals surface area contributed by atoms with Gasteiger partial charge in [0.25, 0.3) is 0 Å². The molecule has 124 valence electrons. The lowest BCUT2D eigenvalue weighted by Gasteiger charge is -2.29. The summed E-state index contributed by atoms with van der Waals surface area (Å²) in [5, 5.41) is 5.84. The minimum Gasteiger partial charge on any atom is -0.324 e. The summed E-state index contributed by atoms with van der Waals surface area (Å²) in [6, 6.07) is 7.27. The van der Waals surface area contributed by atoms with Crippen molar-refractivity contribution in [1.29, 1.82) is 0 Å². The van der Waals surface area contributed by atoms with Crippen LogP contribution in [0.5, 0.6) is 0 Å². The van der Waals surface area contributed by atoms with Crippen LogP contribution < -0.4 is 5.32 Å². The second kappa shape index (κ2) is 5.89. The zero-order valence-corrected chi connectivity index (χ0v) is 14.8. The van der Waals surface area contributed by atoms with Crippen molar-refractivity contribution in [3.8, 4) is 10.6 Å². The molecule has 5 nitrogen and oxygen atoms in total. The van der Waals surface area contributed by atoms with Crippen molar-refractivity contribution in [3.63, 3.8) is 0 Å². The van der Waals surface area contributed by atoms with E-state index in [2.05, 4.69) is 17.2 Å². The lowest BCUT2D eigenvalue weighted by atomic mass is 10.2. The number of carbonyl (C=O) groups is 2. The molecule has 2 aliphatic heterocycles. The van der Waals surface area contributed by atoms with Crippen molar-refractivity contribution in [2.24, 2.45) is 0 Å². The largest absolute Gasteiger partial charge is 0.324 e. The third-order valence-electron chi connectivity index (χ3n) is 4.58. The number of hydrogen-bond donors (Lipinski definition) is 1. The van der Waals surface area contributed by atoms with E-state index < -0.39 is 0 Å². The van der Waals surface area contributed by atoms with E-state index in [-0.39, 0.29) is 22.7 Å². The van der Waals surface area contributed by atoms with Crippen LogP contribution in [-0.4, -0.2) is 38.4 Å². The lowest BCUT2D eigenvalue weighted by Crippen LogP contribution is -2.48. The average Bonchev–Trinajstić information content (AvgIpc) is 3.27. The van der Waals surface area contributed by atoms with Crippen molar-refractivity contribution < 1.29 is 9.59 Å². The van der Waals surface area contributed by atoms with Crippen molar-refractivity contribution in [2.75, 3.05) is 11.1 Å². The molecule has 2 aliphatic rings. The molecule has 1 N–H and O–H groups in total. The summed E-state index contributed by atoms with van der Waals surface area (Å²) < 4.78 is 0. The Bertz CT molecular complexity index is 776. The molecule has 0 saturated carbocycles. The molecule has 2 fully saturated rings. The average molecular weight is 359 g/mol. The molecule has 0 spiro atoms. The number of hydrogen-bond acceptors (Lipinski definition) is 5. The van der Waals surface area contributed by atoms with Crippen LogP contribution in [-0.2, 0) is 9.59 Å². The van der Waals surface area contributed by atoms with E-state index in [4.69, 9.17) is 0 Å². The van der Waals surface area contributed by atoms with E-state index in [0.717, 1.165) is 22.7 Å². The van der Waals surface area contributed by atoms with Gasteiger partial charge < -0.3 is 10.2 Å². The molecule has 1 aromatic heterocycles. The summed E-state index contributed by atoms with van der Waals surface area (Å²) >= 11 is 3.29. The molecule has 2 saturated heterocycles. The van der Waals surface area contributed by atoms with Gasteiger partial charge in [0.2, 0.25) is 11.8 Å². The highest BCUT2D eigenvalue weighted by Crippen LogP contribution is 2.47. The second-order valence-electron chi connectivity index (χ2n) is 6.17. The maximum atomic E-state index is 12.6. The summed E-state index contributed by atoms with van der Waals surface area (Å²) in [4.78, 5) is 30.6. The van der Waals surface area contributed by atoms with Gasteiger partial charge in [-0.2, -0.15) is 0 Å². The maximum absolute atomic E-state index is 12.6. The number of amides is 2. The van der Waals surface area contributed by atoms with Crippen LogP contribution in [0.15, 0.2) is 35.8 Å². The van der Waals surface area contributed by atoms with E-state index in [1.54, 1.807) is 34.2 Å². The summed E-state index contributed by atoms with van der Waals surface area (Å²) in [6.45, 7) is 2.05. The molecule has 0 aliphatic carbocycles. The number of anilines is 1. The number of thioether (sulfide) groups is 1. The molecular weight excluding hydrogens is 342 g/mol. The predicted molar refractivity (Wildman–Crippen MR) is 96.9 cm³/mol. The van der Waals surface area contributed by atoms with Gasteiger partial charge in [-0.05, 0) is 37.6 Å². The van der Waals surface area contributed by atoms with E-state index in [0.29, 0.717) is 12.2 Å². The standard InChI is InChI=1S/C17H17N3O2S2/c1-17-7-6-14(21)20(17)13(10-24-17)15(22)19-12-4-2-11(3-5-12)16-18-8-9-23-16/h2-5,8-9,13H,6-7,10H2,1H3,(H,19,22)/t13-,17+/m0/s1. The highest BCUT2D eigenvalue weighted by atomic mass is 32.2. The highest BCUT2D eigenvalue weighted by molar-refractivity contribution is 8.01. The first-order valence-corrected chi connectivity index (χ1v) is 9.70. The Kier molecular flexibility index (Phi) is 3.85. The van der Waals surface area contributed by atoms with Gasteiger partial charge in [0.1, 0.15) is 11.0 Å². The number of thiazole rings is 1. The van der Waals surface area contributed by atoms with E-state index in [1.807, 2.05) is 29.6 Å². The lowest BCUT2D eigenvalue weighted by molar-refractivity contribution is -0.135. The number of fused-ring (bicyclic) bond motifs is 1. The number of carbonyl (C=O) groups excluding carboxylic acids is 2. The van der Waals surface area contributed by atoms with Gasteiger partial charge in [0.15, 0.2) is 0 Å². The molecule has 2 atom stereocenters. The number of nitrogens with one attached hydrogen (secondary N) is 1. The van der Waals surface area contributed by atoms with Crippen LogP contribution in [0.1, 0.15) is 19.8 Å². The van der Waals surface area contributed by atoms with E-state index in [1.165, 1.54) is 0 Å².